The zero-order valence-electron chi connectivity index (χ0n) is 13.4. The van der Waals surface area contributed by atoms with E-state index in [1.807, 2.05) is 28.9 Å². The molecular formula is C17H25N3O. The molecule has 1 N–H and O–H groups in total. The first-order valence-corrected chi connectivity index (χ1v) is 7.58. The Morgan fingerprint density at radius 2 is 1.95 bits per heavy atom. The average Bonchev–Trinajstić information content (AvgIpc) is 2.79. The Morgan fingerprint density at radius 3 is 2.67 bits per heavy atom. The zero-order chi connectivity index (χ0) is 15.2. The fraction of sp³-hybridized carbons (Fsp3) is 0.471. The monoisotopic (exact) mass is 287 g/mol. The summed E-state index contributed by atoms with van der Waals surface area (Å²) in [6.07, 6.45) is 2.17. The number of nitrogens with one attached hydrogen (secondary N) is 1. The molecule has 0 fully saturated rings. The number of benzene rings is 1. The predicted molar refractivity (Wildman–Crippen MR) is 86.5 cm³/mol. The zero-order valence-corrected chi connectivity index (χ0v) is 13.4. The molecule has 1 aromatic carbocycles. The van der Waals surface area contributed by atoms with Gasteiger partial charge in [-0.05, 0) is 57.5 Å². The van der Waals surface area contributed by atoms with Gasteiger partial charge < -0.3 is 10.1 Å². The van der Waals surface area contributed by atoms with Gasteiger partial charge in [-0.1, -0.05) is 19.1 Å². The Hall–Kier alpha value is -1.81. The second kappa shape index (κ2) is 7.27. The first-order chi connectivity index (χ1) is 10.2. The Labute approximate surface area is 127 Å². The van der Waals surface area contributed by atoms with Gasteiger partial charge in [-0.25, -0.2) is 4.68 Å². The standard InChI is InChI=1S/C17H25N3O/c1-5-11-18-12-10-15-13(2)19-20(14(15)3)16-8-6-7-9-17(16)21-4/h6-9,18H,5,10-12H2,1-4H3. The summed E-state index contributed by atoms with van der Waals surface area (Å²) in [5, 5.41) is 8.14. The number of para-hydroxylation sites is 2. The van der Waals surface area contributed by atoms with Crippen molar-refractivity contribution >= 4 is 0 Å². The maximum atomic E-state index is 5.44. The predicted octanol–water partition coefficient (Wildman–Crippen LogP) is 3.04. The quantitative estimate of drug-likeness (QED) is 0.796. The van der Waals surface area contributed by atoms with Crippen molar-refractivity contribution in [2.45, 2.75) is 33.6 Å². The van der Waals surface area contributed by atoms with Gasteiger partial charge in [0.15, 0.2) is 0 Å². The van der Waals surface area contributed by atoms with E-state index in [0.29, 0.717) is 0 Å². The molecule has 0 radical (unpaired) electrons. The van der Waals surface area contributed by atoms with Crippen LogP contribution in [0.4, 0.5) is 0 Å². The number of rotatable bonds is 7. The molecule has 0 saturated heterocycles. The molecular weight excluding hydrogens is 262 g/mol. The van der Waals surface area contributed by atoms with E-state index in [1.165, 1.54) is 17.7 Å². The number of nitrogens with zero attached hydrogens (tertiary/aromatic N) is 2. The van der Waals surface area contributed by atoms with Gasteiger partial charge in [0.25, 0.3) is 0 Å². The molecule has 0 saturated carbocycles. The molecule has 0 bridgehead atoms. The van der Waals surface area contributed by atoms with Gasteiger partial charge in [-0.3, -0.25) is 0 Å². The lowest BCUT2D eigenvalue weighted by Gasteiger charge is -2.10. The smallest absolute Gasteiger partial charge is 0.144 e. The number of hydrogen-bond acceptors (Lipinski definition) is 3. The molecule has 0 spiro atoms. The number of aromatic nitrogens is 2. The summed E-state index contributed by atoms with van der Waals surface area (Å²) in [5.41, 5.74) is 4.60. The van der Waals surface area contributed by atoms with Crippen LogP contribution in [0, 0.1) is 13.8 Å². The molecule has 21 heavy (non-hydrogen) atoms. The van der Waals surface area contributed by atoms with Crippen molar-refractivity contribution in [3.05, 3.63) is 41.2 Å². The van der Waals surface area contributed by atoms with E-state index < -0.39 is 0 Å². The highest BCUT2D eigenvalue weighted by molar-refractivity contribution is 5.48. The van der Waals surface area contributed by atoms with Crippen molar-refractivity contribution in [3.8, 4) is 11.4 Å². The van der Waals surface area contributed by atoms with Crippen LogP contribution in [0.3, 0.4) is 0 Å². The lowest BCUT2D eigenvalue weighted by molar-refractivity contribution is 0.411. The third kappa shape index (κ3) is 3.45. The van der Waals surface area contributed by atoms with E-state index in [0.717, 1.165) is 36.6 Å². The highest BCUT2D eigenvalue weighted by atomic mass is 16.5. The van der Waals surface area contributed by atoms with Crippen molar-refractivity contribution in [2.24, 2.45) is 0 Å². The summed E-state index contributed by atoms with van der Waals surface area (Å²) in [6, 6.07) is 7.99. The van der Waals surface area contributed by atoms with Crippen molar-refractivity contribution in [2.75, 3.05) is 20.2 Å². The van der Waals surface area contributed by atoms with Gasteiger partial charge in [-0.2, -0.15) is 5.10 Å². The van der Waals surface area contributed by atoms with Crippen LogP contribution in [0.15, 0.2) is 24.3 Å². The lowest BCUT2D eigenvalue weighted by atomic mass is 10.1. The summed E-state index contributed by atoms with van der Waals surface area (Å²) in [6.45, 7) is 8.45. The highest BCUT2D eigenvalue weighted by Gasteiger charge is 2.14. The van der Waals surface area contributed by atoms with Crippen LogP contribution in [0.2, 0.25) is 0 Å². The molecule has 0 atom stereocenters. The van der Waals surface area contributed by atoms with Gasteiger partial charge in [0.2, 0.25) is 0 Å². The van der Waals surface area contributed by atoms with Crippen LogP contribution in [0.5, 0.6) is 5.75 Å². The molecule has 4 nitrogen and oxygen atoms in total. The van der Waals surface area contributed by atoms with Crippen molar-refractivity contribution in [3.63, 3.8) is 0 Å². The van der Waals surface area contributed by atoms with Gasteiger partial charge in [0.05, 0.1) is 12.8 Å². The second-order valence-corrected chi connectivity index (χ2v) is 5.23. The summed E-state index contributed by atoms with van der Waals surface area (Å²) < 4.78 is 7.43. The van der Waals surface area contributed by atoms with Crippen LogP contribution in [0.25, 0.3) is 5.69 Å². The van der Waals surface area contributed by atoms with E-state index in [1.54, 1.807) is 7.11 Å². The normalized spacial score (nSPS) is 10.9. The number of methoxy groups -OCH3 is 1. The van der Waals surface area contributed by atoms with Gasteiger partial charge in [0.1, 0.15) is 11.4 Å². The van der Waals surface area contributed by atoms with Crippen LogP contribution < -0.4 is 10.1 Å². The fourth-order valence-electron chi connectivity index (χ4n) is 2.59. The van der Waals surface area contributed by atoms with Crippen LogP contribution in [-0.2, 0) is 6.42 Å². The van der Waals surface area contributed by atoms with Gasteiger partial charge in [-0.15, -0.1) is 0 Å². The molecule has 114 valence electrons. The van der Waals surface area contributed by atoms with Crippen LogP contribution in [-0.4, -0.2) is 30.0 Å². The van der Waals surface area contributed by atoms with Crippen molar-refractivity contribution < 1.29 is 4.74 Å². The van der Waals surface area contributed by atoms with E-state index in [2.05, 4.69) is 26.1 Å². The number of aryl methyl sites for hydroxylation is 1. The van der Waals surface area contributed by atoms with E-state index >= 15 is 0 Å². The molecule has 0 unspecified atom stereocenters. The molecule has 2 rings (SSSR count). The van der Waals surface area contributed by atoms with Crippen LogP contribution >= 0.6 is 0 Å². The van der Waals surface area contributed by atoms with Gasteiger partial charge in [0, 0.05) is 5.69 Å². The molecule has 4 heteroatoms. The van der Waals surface area contributed by atoms with Crippen LogP contribution in [0.1, 0.15) is 30.3 Å². The molecule has 1 aromatic heterocycles. The lowest BCUT2D eigenvalue weighted by Crippen LogP contribution is -2.18. The van der Waals surface area contributed by atoms with Crippen molar-refractivity contribution in [1.82, 2.24) is 15.1 Å². The molecule has 0 amide bonds. The van der Waals surface area contributed by atoms with E-state index in [-0.39, 0.29) is 0 Å². The molecule has 0 aliphatic carbocycles. The Morgan fingerprint density at radius 1 is 1.19 bits per heavy atom. The topological polar surface area (TPSA) is 39.1 Å². The van der Waals surface area contributed by atoms with E-state index in [4.69, 9.17) is 9.84 Å². The molecule has 0 aliphatic rings. The Bertz CT molecular complexity index is 590. The minimum atomic E-state index is 0.846. The Kier molecular flexibility index (Phi) is 5.39. The van der Waals surface area contributed by atoms with E-state index in [9.17, 15) is 0 Å². The first kappa shape index (κ1) is 15.6. The summed E-state index contributed by atoms with van der Waals surface area (Å²) in [7, 11) is 1.69. The maximum absolute atomic E-state index is 5.44. The number of hydrogen-bond donors (Lipinski definition) is 1. The fourth-order valence-corrected chi connectivity index (χ4v) is 2.59. The minimum Gasteiger partial charge on any atom is -0.494 e. The molecule has 2 aromatic rings. The second-order valence-electron chi connectivity index (χ2n) is 5.23. The SMILES string of the molecule is CCCNCCc1c(C)nn(-c2ccccc2OC)c1C. The minimum absolute atomic E-state index is 0.846. The van der Waals surface area contributed by atoms with Gasteiger partial charge >= 0.3 is 0 Å². The third-order valence-electron chi connectivity index (χ3n) is 3.73. The molecule has 1 heterocycles. The summed E-state index contributed by atoms with van der Waals surface area (Å²) >= 11 is 0. The Balaban J connectivity index is 2.26. The summed E-state index contributed by atoms with van der Waals surface area (Å²) in [4.78, 5) is 0. The summed E-state index contributed by atoms with van der Waals surface area (Å²) in [5.74, 6) is 0.846. The number of ether oxygens (including phenoxy) is 1. The van der Waals surface area contributed by atoms with Crippen molar-refractivity contribution in [1.29, 1.82) is 0 Å². The highest BCUT2D eigenvalue weighted by Crippen LogP contribution is 2.25. The third-order valence-corrected chi connectivity index (χ3v) is 3.73. The largest absolute Gasteiger partial charge is 0.494 e. The first-order valence-electron chi connectivity index (χ1n) is 7.58. The average molecular weight is 287 g/mol. The maximum Gasteiger partial charge on any atom is 0.144 e. The molecule has 0 aliphatic heterocycles.